The summed E-state index contributed by atoms with van der Waals surface area (Å²) in [6.45, 7) is 4.93. The van der Waals surface area contributed by atoms with E-state index >= 15 is 0 Å². The van der Waals surface area contributed by atoms with Gasteiger partial charge in [-0.3, -0.25) is 0 Å². The first-order chi connectivity index (χ1) is 5.72. The number of hydrogen-bond acceptors (Lipinski definition) is 0. The van der Waals surface area contributed by atoms with Crippen molar-refractivity contribution in [1.82, 2.24) is 0 Å². The van der Waals surface area contributed by atoms with E-state index in [0.717, 1.165) is 29.1 Å². The molecule has 0 aromatic rings. The summed E-state index contributed by atoms with van der Waals surface area (Å²) in [7, 11) is 0. The molecule has 0 saturated heterocycles. The second-order valence-corrected chi connectivity index (χ2v) is 5.84. The van der Waals surface area contributed by atoms with Gasteiger partial charge in [0.2, 0.25) is 0 Å². The summed E-state index contributed by atoms with van der Waals surface area (Å²) in [4.78, 5) is 0. The second kappa shape index (κ2) is 2.08. The van der Waals surface area contributed by atoms with E-state index in [1.54, 1.807) is 25.7 Å². The number of hydrogen-bond donors (Lipinski definition) is 0. The average Bonchev–Trinajstić information content (AvgIpc) is 2.01. The Bertz CT molecular complexity index is 199. The zero-order chi connectivity index (χ0) is 8.34. The molecule has 12 heavy (non-hydrogen) atoms. The maximum Gasteiger partial charge on any atom is -0.0233 e. The summed E-state index contributed by atoms with van der Waals surface area (Å²) in [5, 5.41) is 0. The van der Waals surface area contributed by atoms with E-state index in [0.29, 0.717) is 0 Å². The van der Waals surface area contributed by atoms with Crippen LogP contribution in [0.25, 0.3) is 0 Å². The van der Waals surface area contributed by atoms with E-state index in [9.17, 15) is 0 Å². The topological polar surface area (TPSA) is 0 Å². The lowest BCUT2D eigenvalue weighted by Crippen LogP contribution is -2.62. The molecule has 0 bridgehead atoms. The van der Waals surface area contributed by atoms with Crippen molar-refractivity contribution in [2.45, 2.75) is 46.0 Å². The van der Waals surface area contributed by atoms with Crippen LogP contribution in [0.4, 0.5) is 0 Å². The van der Waals surface area contributed by atoms with Gasteiger partial charge in [0.1, 0.15) is 0 Å². The van der Waals surface area contributed by atoms with E-state index in [1.165, 1.54) is 6.42 Å². The molecule has 5 atom stereocenters. The molecule has 3 saturated carbocycles. The Morgan fingerprint density at radius 2 is 1.92 bits per heavy atom. The third-order valence-electron chi connectivity index (χ3n) is 5.22. The summed E-state index contributed by atoms with van der Waals surface area (Å²) in [5.41, 5.74) is 0.900. The standard InChI is InChI=1S/C12H20/c1-8-3-4-10-5-11-9(2)7-12(10,11)6-8/h8-11H,3-7H2,1-2H3. The van der Waals surface area contributed by atoms with E-state index < -0.39 is 0 Å². The Morgan fingerprint density at radius 3 is 2.58 bits per heavy atom. The van der Waals surface area contributed by atoms with Gasteiger partial charge in [0.25, 0.3) is 0 Å². The molecular formula is C12H20. The normalized spacial score (nSPS) is 62.5. The molecule has 0 radical (unpaired) electrons. The summed E-state index contributed by atoms with van der Waals surface area (Å²) >= 11 is 0. The zero-order valence-corrected chi connectivity index (χ0v) is 8.34. The van der Waals surface area contributed by atoms with Crippen LogP contribution in [-0.2, 0) is 0 Å². The van der Waals surface area contributed by atoms with Crippen molar-refractivity contribution in [2.75, 3.05) is 0 Å². The SMILES string of the molecule is CC1CCC2CC3C(C)CC23C1. The van der Waals surface area contributed by atoms with Gasteiger partial charge in [-0.15, -0.1) is 0 Å². The average molecular weight is 164 g/mol. The highest BCUT2D eigenvalue weighted by molar-refractivity contribution is 5.13. The van der Waals surface area contributed by atoms with Crippen molar-refractivity contribution in [2.24, 2.45) is 29.1 Å². The highest BCUT2D eigenvalue weighted by Gasteiger charge is 2.64. The molecule has 3 aliphatic rings. The van der Waals surface area contributed by atoms with E-state index in [2.05, 4.69) is 13.8 Å². The molecule has 68 valence electrons. The van der Waals surface area contributed by atoms with Gasteiger partial charge in [-0.2, -0.15) is 0 Å². The summed E-state index contributed by atoms with van der Waals surface area (Å²) in [5.74, 6) is 4.43. The van der Waals surface area contributed by atoms with Gasteiger partial charge in [-0.1, -0.05) is 20.3 Å². The molecule has 3 aliphatic carbocycles. The lowest BCUT2D eigenvalue weighted by atomic mass is 9.34. The quantitative estimate of drug-likeness (QED) is 0.514. The number of rotatable bonds is 0. The van der Waals surface area contributed by atoms with Crippen LogP contribution in [0.15, 0.2) is 0 Å². The zero-order valence-electron chi connectivity index (χ0n) is 8.34. The van der Waals surface area contributed by atoms with Gasteiger partial charge in [-0.05, 0) is 54.8 Å². The van der Waals surface area contributed by atoms with Crippen LogP contribution < -0.4 is 0 Å². The van der Waals surface area contributed by atoms with Gasteiger partial charge < -0.3 is 0 Å². The lowest BCUT2D eigenvalue weighted by Gasteiger charge is -2.70. The molecule has 0 heteroatoms. The minimum absolute atomic E-state index is 0.900. The molecule has 3 fully saturated rings. The van der Waals surface area contributed by atoms with Crippen LogP contribution >= 0.6 is 0 Å². The Kier molecular flexibility index (Phi) is 1.28. The summed E-state index contributed by atoms with van der Waals surface area (Å²) < 4.78 is 0. The molecule has 0 aliphatic heterocycles. The maximum atomic E-state index is 2.46. The first-order valence-corrected chi connectivity index (χ1v) is 5.72. The van der Waals surface area contributed by atoms with E-state index in [1.807, 2.05) is 0 Å². The Hall–Kier alpha value is 0. The van der Waals surface area contributed by atoms with E-state index in [-0.39, 0.29) is 0 Å². The fraction of sp³-hybridized carbons (Fsp3) is 1.00. The largest absolute Gasteiger partial charge is 0.0625 e. The van der Waals surface area contributed by atoms with Crippen molar-refractivity contribution >= 4 is 0 Å². The predicted molar refractivity (Wildman–Crippen MR) is 50.8 cm³/mol. The fourth-order valence-electron chi connectivity index (χ4n) is 4.66. The highest BCUT2D eigenvalue weighted by Crippen LogP contribution is 2.72. The Labute approximate surface area is 75.7 Å². The highest BCUT2D eigenvalue weighted by atomic mass is 14.7. The van der Waals surface area contributed by atoms with Crippen molar-refractivity contribution in [1.29, 1.82) is 0 Å². The smallest absolute Gasteiger partial charge is 0.0233 e. The van der Waals surface area contributed by atoms with Gasteiger partial charge >= 0.3 is 0 Å². The molecule has 5 unspecified atom stereocenters. The third kappa shape index (κ3) is 0.661. The molecule has 0 heterocycles. The Balaban J connectivity index is 1.80. The molecule has 0 aromatic heterocycles. The fourth-order valence-corrected chi connectivity index (χ4v) is 4.66. The molecule has 0 nitrogen and oxygen atoms in total. The van der Waals surface area contributed by atoms with Crippen LogP contribution in [0.2, 0.25) is 0 Å². The van der Waals surface area contributed by atoms with Crippen molar-refractivity contribution < 1.29 is 0 Å². The lowest BCUT2D eigenvalue weighted by molar-refractivity contribution is -0.214. The molecule has 0 amide bonds. The van der Waals surface area contributed by atoms with Crippen molar-refractivity contribution in [3.63, 3.8) is 0 Å². The van der Waals surface area contributed by atoms with Gasteiger partial charge in [0.05, 0.1) is 0 Å². The molecule has 3 rings (SSSR count). The van der Waals surface area contributed by atoms with Gasteiger partial charge in [0.15, 0.2) is 0 Å². The van der Waals surface area contributed by atoms with Crippen LogP contribution in [0, 0.1) is 29.1 Å². The van der Waals surface area contributed by atoms with Crippen LogP contribution in [-0.4, -0.2) is 0 Å². The third-order valence-corrected chi connectivity index (χ3v) is 5.22. The monoisotopic (exact) mass is 164 g/mol. The molecular weight excluding hydrogens is 144 g/mol. The van der Waals surface area contributed by atoms with Crippen LogP contribution in [0.3, 0.4) is 0 Å². The van der Waals surface area contributed by atoms with Gasteiger partial charge in [-0.25, -0.2) is 0 Å². The van der Waals surface area contributed by atoms with Crippen LogP contribution in [0.5, 0.6) is 0 Å². The van der Waals surface area contributed by atoms with Crippen molar-refractivity contribution in [3.05, 3.63) is 0 Å². The molecule has 1 spiro atoms. The molecule has 0 N–H and O–H groups in total. The second-order valence-electron chi connectivity index (χ2n) is 5.84. The summed E-state index contributed by atoms with van der Waals surface area (Å²) in [6.07, 6.45) is 7.82. The minimum atomic E-state index is 0.900. The van der Waals surface area contributed by atoms with Gasteiger partial charge in [0, 0.05) is 0 Å². The molecule has 0 aromatic carbocycles. The summed E-state index contributed by atoms with van der Waals surface area (Å²) in [6, 6.07) is 0. The first-order valence-electron chi connectivity index (χ1n) is 5.72. The minimum Gasteiger partial charge on any atom is -0.0625 e. The van der Waals surface area contributed by atoms with E-state index in [4.69, 9.17) is 0 Å². The van der Waals surface area contributed by atoms with Crippen LogP contribution in [0.1, 0.15) is 46.0 Å². The first kappa shape index (κ1) is 7.41. The maximum absolute atomic E-state index is 2.46. The Morgan fingerprint density at radius 1 is 1.08 bits per heavy atom. The predicted octanol–water partition coefficient (Wildman–Crippen LogP) is 3.47. The van der Waals surface area contributed by atoms with Crippen molar-refractivity contribution in [3.8, 4) is 0 Å².